The van der Waals surface area contributed by atoms with Crippen LogP contribution in [0.2, 0.25) is 0 Å². The molecular weight excluding hydrogens is 340 g/mol. The Balaban J connectivity index is 1.66. The Morgan fingerprint density at radius 2 is 1.96 bits per heavy atom. The number of nitriles is 1. The van der Waals surface area contributed by atoms with Gasteiger partial charge >= 0.3 is 10.2 Å². The first kappa shape index (κ1) is 17.1. The van der Waals surface area contributed by atoms with Crippen LogP contribution in [-0.2, 0) is 10.2 Å². The number of nitrogens with zero attached hydrogens (tertiary/aromatic N) is 5. The minimum Gasteiger partial charge on any atom is -0.354 e. The van der Waals surface area contributed by atoms with Crippen molar-refractivity contribution in [2.45, 2.75) is 6.92 Å². The largest absolute Gasteiger partial charge is 0.354 e. The number of piperazine rings is 1. The van der Waals surface area contributed by atoms with Crippen LogP contribution in [0.25, 0.3) is 0 Å². The molecule has 0 atom stereocenters. The van der Waals surface area contributed by atoms with Gasteiger partial charge in [0.05, 0.1) is 11.6 Å². The molecule has 130 valence electrons. The molecule has 0 amide bonds. The van der Waals surface area contributed by atoms with Gasteiger partial charge in [0.15, 0.2) is 0 Å². The third-order valence-corrected chi connectivity index (χ3v) is 5.41. The first-order valence-electron chi connectivity index (χ1n) is 7.80. The summed E-state index contributed by atoms with van der Waals surface area (Å²) in [6.45, 7) is 3.48. The van der Waals surface area contributed by atoms with Crippen molar-refractivity contribution in [2.24, 2.45) is 0 Å². The quantitative estimate of drug-likeness (QED) is 0.879. The summed E-state index contributed by atoms with van der Waals surface area (Å²) in [6.07, 6.45) is 1.59. The van der Waals surface area contributed by atoms with Crippen LogP contribution in [0.3, 0.4) is 0 Å². The van der Waals surface area contributed by atoms with Crippen LogP contribution in [0.4, 0.5) is 11.6 Å². The lowest BCUT2D eigenvalue weighted by atomic mass is 10.2. The second kappa shape index (κ2) is 7.04. The molecule has 1 aliphatic heterocycles. The van der Waals surface area contributed by atoms with Gasteiger partial charge in [0.1, 0.15) is 11.6 Å². The fourth-order valence-corrected chi connectivity index (χ4v) is 3.77. The SMILES string of the molecule is Cc1cccc(NS(=O)(=O)N2CCN(c3cc(C#N)ccn3)CC2)n1. The molecule has 0 bridgehead atoms. The van der Waals surface area contributed by atoms with Crippen LogP contribution < -0.4 is 9.62 Å². The molecule has 0 saturated carbocycles. The highest BCUT2D eigenvalue weighted by Crippen LogP contribution is 2.17. The van der Waals surface area contributed by atoms with E-state index >= 15 is 0 Å². The molecule has 9 heteroatoms. The van der Waals surface area contributed by atoms with Gasteiger partial charge in [-0.05, 0) is 31.2 Å². The monoisotopic (exact) mass is 358 g/mol. The van der Waals surface area contributed by atoms with E-state index in [-0.39, 0.29) is 0 Å². The second-order valence-electron chi connectivity index (χ2n) is 5.67. The number of hydrogen-bond acceptors (Lipinski definition) is 6. The molecule has 3 rings (SSSR count). The minimum atomic E-state index is -3.65. The molecular formula is C16H18N6O2S. The van der Waals surface area contributed by atoms with Crippen LogP contribution in [0, 0.1) is 18.3 Å². The molecule has 0 aromatic carbocycles. The average molecular weight is 358 g/mol. The lowest BCUT2D eigenvalue weighted by molar-refractivity contribution is 0.386. The number of aryl methyl sites for hydroxylation is 1. The molecule has 2 aromatic heterocycles. The third-order valence-electron chi connectivity index (χ3n) is 3.90. The zero-order chi connectivity index (χ0) is 17.9. The average Bonchev–Trinajstić information content (AvgIpc) is 2.61. The molecule has 0 unspecified atom stereocenters. The predicted molar refractivity (Wildman–Crippen MR) is 94.3 cm³/mol. The van der Waals surface area contributed by atoms with Gasteiger partial charge in [-0.2, -0.15) is 18.0 Å². The molecule has 1 aliphatic rings. The number of aromatic nitrogens is 2. The normalized spacial score (nSPS) is 15.6. The minimum absolute atomic E-state index is 0.311. The Kier molecular flexibility index (Phi) is 4.83. The van der Waals surface area contributed by atoms with E-state index < -0.39 is 10.2 Å². The standard InChI is InChI=1S/C16H18N6O2S/c1-13-3-2-4-15(19-13)20-25(23,24)22-9-7-21(8-10-22)16-11-14(12-17)5-6-18-16/h2-6,11H,7-10H2,1H3,(H,19,20). The van der Waals surface area contributed by atoms with E-state index in [0.29, 0.717) is 43.4 Å². The van der Waals surface area contributed by atoms with Crippen molar-refractivity contribution in [1.82, 2.24) is 14.3 Å². The zero-order valence-electron chi connectivity index (χ0n) is 13.8. The van der Waals surface area contributed by atoms with E-state index in [1.807, 2.05) is 4.90 Å². The van der Waals surface area contributed by atoms with Gasteiger partial charge in [-0.1, -0.05) is 6.07 Å². The van der Waals surface area contributed by atoms with Gasteiger partial charge in [0, 0.05) is 38.1 Å². The number of rotatable bonds is 4. The Morgan fingerprint density at radius 1 is 1.20 bits per heavy atom. The maximum atomic E-state index is 12.5. The Labute approximate surface area is 146 Å². The Hall–Kier alpha value is -2.70. The van der Waals surface area contributed by atoms with Crippen molar-refractivity contribution in [2.75, 3.05) is 35.8 Å². The smallest absolute Gasteiger partial charge is 0.302 e. The van der Waals surface area contributed by atoms with Crippen LogP contribution in [0.15, 0.2) is 36.5 Å². The summed E-state index contributed by atoms with van der Waals surface area (Å²) in [4.78, 5) is 10.4. The van der Waals surface area contributed by atoms with E-state index in [0.717, 1.165) is 5.69 Å². The molecule has 25 heavy (non-hydrogen) atoms. The summed E-state index contributed by atoms with van der Waals surface area (Å²) in [5.41, 5.74) is 1.28. The highest BCUT2D eigenvalue weighted by atomic mass is 32.2. The topological polar surface area (TPSA) is 102 Å². The molecule has 1 N–H and O–H groups in total. The summed E-state index contributed by atoms with van der Waals surface area (Å²) < 4.78 is 28.9. The summed E-state index contributed by atoms with van der Waals surface area (Å²) >= 11 is 0. The Morgan fingerprint density at radius 3 is 2.64 bits per heavy atom. The van der Waals surface area contributed by atoms with Gasteiger partial charge < -0.3 is 4.90 Å². The van der Waals surface area contributed by atoms with Crippen molar-refractivity contribution in [3.63, 3.8) is 0 Å². The maximum absolute atomic E-state index is 12.5. The number of anilines is 2. The molecule has 1 fully saturated rings. The fourth-order valence-electron chi connectivity index (χ4n) is 2.62. The van der Waals surface area contributed by atoms with E-state index in [1.165, 1.54) is 4.31 Å². The molecule has 3 heterocycles. The van der Waals surface area contributed by atoms with Crippen LogP contribution in [0.1, 0.15) is 11.3 Å². The number of pyridine rings is 2. The maximum Gasteiger partial charge on any atom is 0.302 e. The molecule has 2 aromatic rings. The third kappa shape index (κ3) is 4.04. The second-order valence-corrected chi connectivity index (χ2v) is 7.34. The van der Waals surface area contributed by atoms with Gasteiger partial charge in [-0.3, -0.25) is 4.72 Å². The van der Waals surface area contributed by atoms with Gasteiger partial charge in [-0.25, -0.2) is 9.97 Å². The molecule has 0 radical (unpaired) electrons. The van der Waals surface area contributed by atoms with Crippen molar-refractivity contribution >= 4 is 21.8 Å². The van der Waals surface area contributed by atoms with Crippen molar-refractivity contribution in [3.05, 3.63) is 47.8 Å². The summed E-state index contributed by atoms with van der Waals surface area (Å²) in [7, 11) is -3.65. The van der Waals surface area contributed by atoms with Crippen LogP contribution >= 0.6 is 0 Å². The number of hydrogen-bond donors (Lipinski definition) is 1. The van der Waals surface area contributed by atoms with Crippen molar-refractivity contribution < 1.29 is 8.42 Å². The lowest BCUT2D eigenvalue weighted by Gasteiger charge is -2.34. The van der Waals surface area contributed by atoms with E-state index in [9.17, 15) is 8.42 Å². The molecule has 0 aliphatic carbocycles. The van der Waals surface area contributed by atoms with E-state index in [4.69, 9.17) is 5.26 Å². The van der Waals surface area contributed by atoms with Crippen LogP contribution in [0.5, 0.6) is 0 Å². The van der Waals surface area contributed by atoms with Gasteiger partial charge in [0.2, 0.25) is 0 Å². The van der Waals surface area contributed by atoms with E-state index in [2.05, 4.69) is 20.8 Å². The van der Waals surface area contributed by atoms with Crippen LogP contribution in [-0.4, -0.2) is 48.9 Å². The summed E-state index contributed by atoms with van der Waals surface area (Å²) in [6, 6.07) is 10.6. The molecule has 0 spiro atoms. The summed E-state index contributed by atoms with van der Waals surface area (Å²) in [5.74, 6) is 0.996. The van der Waals surface area contributed by atoms with E-state index in [1.54, 1.807) is 43.5 Å². The summed E-state index contributed by atoms with van der Waals surface area (Å²) in [5, 5.41) is 8.97. The predicted octanol–water partition coefficient (Wildman–Crippen LogP) is 1.14. The van der Waals surface area contributed by atoms with Gasteiger partial charge in [0.25, 0.3) is 0 Å². The van der Waals surface area contributed by atoms with Crippen molar-refractivity contribution in [3.8, 4) is 6.07 Å². The zero-order valence-corrected chi connectivity index (χ0v) is 14.6. The lowest BCUT2D eigenvalue weighted by Crippen LogP contribution is -2.50. The molecule has 8 nitrogen and oxygen atoms in total. The molecule has 1 saturated heterocycles. The first-order chi connectivity index (χ1) is 12.0. The highest BCUT2D eigenvalue weighted by Gasteiger charge is 2.27. The van der Waals surface area contributed by atoms with Gasteiger partial charge in [-0.15, -0.1) is 0 Å². The highest BCUT2D eigenvalue weighted by molar-refractivity contribution is 7.90. The first-order valence-corrected chi connectivity index (χ1v) is 9.24. The van der Waals surface area contributed by atoms with Crippen molar-refractivity contribution in [1.29, 1.82) is 5.26 Å². The number of nitrogens with one attached hydrogen (secondary N) is 1. The Bertz CT molecular complexity index is 901. The fraction of sp³-hybridized carbons (Fsp3) is 0.312.